The highest BCUT2D eigenvalue weighted by Crippen LogP contribution is 1.91. The molecule has 0 aromatic carbocycles. The molecule has 0 fully saturated rings. The van der Waals surface area contributed by atoms with E-state index >= 15 is 0 Å². The Morgan fingerprint density at radius 2 is 2.18 bits per heavy atom. The number of hydrogen-bond acceptors (Lipinski definition) is 1. The van der Waals surface area contributed by atoms with Gasteiger partial charge in [-0.05, 0) is 25.5 Å². The van der Waals surface area contributed by atoms with Crippen LogP contribution < -0.4 is 5.32 Å². The van der Waals surface area contributed by atoms with Gasteiger partial charge >= 0.3 is 0 Å². The number of allylic oxidation sites excluding steroid dienone is 4. The van der Waals surface area contributed by atoms with E-state index in [0.29, 0.717) is 0 Å². The fourth-order valence-corrected chi connectivity index (χ4v) is 0.711. The average molecular weight is 151 g/mol. The summed E-state index contributed by atoms with van der Waals surface area (Å²) in [5.74, 6) is 0. The van der Waals surface area contributed by atoms with Crippen LogP contribution in [0.3, 0.4) is 0 Å². The minimum absolute atomic E-state index is 0.942. The molecule has 0 unspecified atom stereocenters. The van der Waals surface area contributed by atoms with Gasteiger partial charge in [0.15, 0.2) is 0 Å². The van der Waals surface area contributed by atoms with Crippen LogP contribution in [0, 0.1) is 0 Å². The minimum Gasteiger partial charge on any atom is -0.385 e. The second-order valence-corrected chi connectivity index (χ2v) is 2.19. The van der Waals surface area contributed by atoms with Crippen LogP contribution in [-0.4, -0.2) is 6.54 Å². The van der Waals surface area contributed by atoms with Crippen molar-refractivity contribution < 1.29 is 0 Å². The summed E-state index contributed by atoms with van der Waals surface area (Å²) in [7, 11) is 0. The van der Waals surface area contributed by atoms with Crippen molar-refractivity contribution in [2.24, 2.45) is 0 Å². The lowest BCUT2D eigenvalue weighted by molar-refractivity contribution is 0.879. The van der Waals surface area contributed by atoms with Crippen molar-refractivity contribution in [2.75, 3.05) is 6.54 Å². The maximum absolute atomic E-state index is 3.69. The Bertz CT molecular complexity index is 154. The summed E-state index contributed by atoms with van der Waals surface area (Å²) >= 11 is 0. The van der Waals surface area contributed by atoms with Crippen molar-refractivity contribution in [2.45, 2.75) is 20.3 Å². The van der Waals surface area contributed by atoms with Gasteiger partial charge in [-0.15, -0.1) is 0 Å². The fraction of sp³-hybridized carbons (Fsp3) is 0.400. The van der Waals surface area contributed by atoms with Gasteiger partial charge in [0.1, 0.15) is 0 Å². The van der Waals surface area contributed by atoms with Gasteiger partial charge < -0.3 is 5.32 Å². The summed E-state index contributed by atoms with van der Waals surface area (Å²) in [6.07, 6.45) is 9.08. The van der Waals surface area contributed by atoms with E-state index in [4.69, 9.17) is 0 Å². The smallest absolute Gasteiger partial charge is 0.0333 e. The molecule has 0 radical (unpaired) electrons. The molecule has 0 aliphatic heterocycles. The maximum atomic E-state index is 3.69. The van der Waals surface area contributed by atoms with Crippen LogP contribution >= 0.6 is 0 Å². The third kappa shape index (κ3) is 5.46. The standard InChI is InChI=1S/C10H17N/c1-4-7-8-9-10(5-2)11-6-3/h5,7-9,11H,2,4,6H2,1,3H3/b8-7-,10-9+. The monoisotopic (exact) mass is 151 g/mol. The molecule has 0 amide bonds. The van der Waals surface area contributed by atoms with E-state index in [1.54, 1.807) is 0 Å². The summed E-state index contributed by atoms with van der Waals surface area (Å²) in [6.45, 7) is 8.82. The molecule has 0 aliphatic carbocycles. The first kappa shape index (κ1) is 10.0. The van der Waals surface area contributed by atoms with Crippen molar-refractivity contribution in [1.82, 2.24) is 5.32 Å². The number of nitrogens with one attached hydrogen (secondary N) is 1. The SMILES string of the molecule is C=C/C(=C\C=C/CC)NCC. The van der Waals surface area contributed by atoms with E-state index in [0.717, 1.165) is 18.7 Å². The van der Waals surface area contributed by atoms with E-state index in [-0.39, 0.29) is 0 Å². The van der Waals surface area contributed by atoms with Gasteiger partial charge in [0.25, 0.3) is 0 Å². The first-order valence-electron chi connectivity index (χ1n) is 4.08. The minimum atomic E-state index is 0.942. The van der Waals surface area contributed by atoms with Crippen molar-refractivity contribution in [3.05, 3.63) is 36.6 Å². The van der Waals surface area contributed by atoms with Crippen LogP contribution in [0.5, 0.6) is 0 Å². The van der Waals surface area contributed by atoms with Crippen molar-refractivity contribution in [3.8, 4) is 0 Å². The Hall–Kier alpha value is -0.980. The molecule has 1 heteroatoms. The molecule has 0 spiro atoms. The van der Waals surface area contributed by atoms with Gasteiger partial charge in [0, 0.05) is 12.2 Å². The van der Waals surface area contributed by atoms with Crippen LogP contribution in [0.1, 0.15) is 20.3 Å². The zero-order valence-corrected chi connectivity index (χ0v) is 7.43. The highest BCUT2D eigenvalue weighted by Gasteiger charge is 1.81. The summed E-state index contributed by atoms with van der Waals surface area (Å²) in [5, 5.41) is 3.18. The third-order valence-electron chi connectivity index (χ3n) is 1.25. The van der Waals surface area contributed by atoms with Crippen molar-refractivity contribution >= 4 is 0 Å². The van der Waals surface area contributed by atoms with Crippen molar-refractivity contribution in [3.63, 3.8) is 0 Å². The van der Waals surface area contributed by atoms with Crippen LogP contribution in [0.4, 0.5) is 0 Å². The molecule has 0 saturated carbocycles. The van der Waals surface area contributed by atoms with Gasteiger partial charge in [-0.25, -0.2) is 0 Å². The van der Waals surface area contributed by atoms with E-state index < -0.39 is 0 Å². The van der Waals surface area contributed by atoms with E-state index in [1.807, 2.05) is 18.2 Å². The van der Waals surface area contributed by atoms with E-state index in [9.17, 15) is 0 Å². The Morgan fingerprint density at radius 1 is 1.45 bits per heavy atom. The molecule has 0 saturated heterocycles. The molecule has 0 bridgehead atoms. The fourth-order valence-electron chi connectivity index (χ4n) is 0.711. The molecule has 1 nitrogen and oxygen atoms in total. The van der Waals surface area contributed by atoms with Gasteiger partial charge in [-0.3, -0.25) is 0 Å². The Balaban J connectivity index is 3.89. The second-order valence-electron chi connectivity index (χ2n) is 2.19. The molecule has 0 aliphatic rings. The van der Waals surface area contributed by atoms with Crippen molar-refractivity contribution in [1.29, 1.82) is 0 Å². The highest BCUT2D eigenvalue weighted by atomic mass is 14.9. The van der Waals surface area contributed by atoms with E-state index in [1.165, 1.54) is 0 Å². The summed E-state index contributed by atoms with van der Waals surface area (Å²) in [5.41, 5.74) is 1.08. The molecule has 0 aromatic heterocycles. The molecule has 1 N–H and O–H groups in total. The first-order valence-corrected chi connectivity index (χ1v) is 4.08. The zero-order valence-electron chi connectivity index (χ0n) is 7.43. The predicted molar refractivity (Wildman–Crippen MR) is 51.4 cm³/mol. The van der Waals surface area contributed by atoms with Gasteiger partial charge in [-0.1, -0.05) is 25.7 Å². The Morgan fingerprint density at radius 3 is 2.64 bits per heavy atom. The highest BCUT2D eigenvalue weighted by molar-refractivity contribution is 5.20. The Kier molecular flexibility index (Phi) is 6.50. The van der Waals surface area contributed by atoms with Gasteiger partial charge in [0.05, 0.1) is 0 Å². The third-order valence-corrected chi connectivity index (χ3v) is 1.25. The predicted octanol–water partition coefficient (Wildman–Crippen LogP) is 2.63. The van der Waals surface area contributed by atoms with Crippen LogP contribution in [-0.2, 0) is 0 Å². The van der Waals surface area contributed by atoms with Crippen LogP contribution in [0.15, 0.2) is 36.6 Å². The lowest BCUT2D eigenvalue weighted by atomic mass is 10.3. The van der Waals surface area contributed by atoms with E-state index in [2.05, 4.69) is 31.8 Å². The topological polar surface area (TPSA) is 12.0 Å². The van der Waals surface area contributed by atoms with Gasteiger partial charge in [-0.2, -0.15) is 0 Å². The molecule has 0 heterocycles. The molecule has 0 aromatic rings. The molecule has 0 atom stereocenters. The lowest BCUT2D eigenvalue weighted by Gasteiger charge is -2.00. The molecular formula is C10H17N. The van der Waals surface area contributed by atoms with Crippen LogP contribution in [0.2, 0.25) is 0 Å². The lowest BCUT2D eigenvalue weighted by Crippen LogP contribution is -2.09. The number of hydrogen-bond donors (Lipinski definition) is 1. The number of rotatable bonds is 5. The molecule has 11 heavy (non-hydrogen) atoms. The number of likely N-dealkylation sites (N-methyl/N-ethyl adjacent to an activating group) is 1. The molecular weight excluding hydrogens is 134 g/mol. The first-order chi connectivity index (χ1) is 5.35. The molecule has 62 valence electrons. The second kappa shape index (κ2) is 7.13. The summed E-state index contributed by atoms with van der Waals surface area (Å²) < 4.78 is 0. The summed E-state index contributed by atoms with van der Waals surface area (Å²) in [4.78, 5) is 0. The Labute approximate surface area is 69.5 Å². The van der Waals surface area contributed by atoms with Gasteiger partial charge in [0.2, 0.25) is 0 Å². The largest absolute Gasteiger partial charge is 0.385 e. The molecule has 0 rings (SSSR count). The summed E-state index contributed by atoms with van der Waals surface area (Å²) in [6, 6.07) is 0. The van der Waals surface area contributed by atoms with Crippen LogP contribution in [0.25, 0.3) is 0 Å². The average Bonchev–Trinajstić information content (AvgIpc) is 2.03. The zero-order chi connectivity index (χ0) is 8.53. The normalized spacial score (nSPS) is 12.0. The maximum Gasteiger partial charge on any atom is 0.0333 e. The quantitative estimate of drug-likeness (QED) is 0.596.